The molecule has 0 spiro atoms. The maximum atomic E-state index is 12.8. The Kier molecular flexibility index (Phi) is 3.72. The molecule has 1 amide bonds. The van der Waals surface area contributed by atoms with Gasteiger partial charge in [0.05, 0.1) is 0 Å². The molecular formula is C18H24N4O2. The molecule has 2 aromatic rings. The van der Waals surface area contributed by atoms with Crippen molar-refractivity contribution in [1.29, 1.82) is 0 Å². The third-order valence-corrected chi connectivity index (χ3v) is 5.78. The maximum Gasteiger partial charge on any atom is 0.272 e. The van der Waals surface area contributed by atoms with Gasteiger partial charge >= 0.3 is 0 Å². The van der Waals surface area contributed by atoms with Crippen molar-refractivity contribution in [2.24, 2.45) is 7.05 Å². The van der Waals surface area contributed by atoms with Crippen molar-refractivity contribution in [1.82, 2.24) is 20.0 Å². The summed E-state index contributed by atoms with van der Waals surface area (Å²) in [4.78, 5) is 15.3. The first-order valence-electron chi connectivity index (χ1n) is 8.72. The topological polar surface area (TPSA) is 70.4 Å². The van der Waals surface area contributed by atoms with Crippen LogP contribution in [0.5, 0.6) is 5.75 Å². The number of aryl methyl sites for hydroxylation is 1. The predicted molar refractivity (Wildman–Crippen MR) is 92.1 cm³/mol. The van der Waals surface area contributed by atoms with Crippen LogP contribution in [0.1, 0.15) is 42.6 Å². The summed E-state index contributed by atoms with van der Waals surface area (Å²) in [5.74, 6) is 0.00609. The van der Waals surface area contributed by atoms with E-state index in [-0.39, 0.29) is 17.7 Å². The van der Waals surface area contributed by atoms with E-state index in [1.165, 1.54) is 12.8 Å². The van der Waals surface area contributed by atoms with Crippen LogP contribution < -0.4 is 5.32 Å². The second-order valence-electron chi connectivity index (χ2n) is 7.18. The summed E-state index contributed by atoms with van der Waals surface area (Å²) in [7, 11) is 3.96. The molecule has 2 fully saturated rings. The highest BCUT2D eigenvalue weighted by Gasteiger charge is 2.36. The largest absolute Gasteiger partial charge is 0.506 e. The van der Waals surface area contributed by atoms with Gasteiger partial charge in [0.1, 0.15) is 11.3 Å². The van der Waals surface area contributed by atoms with Crippen molar-refractivity contribution in [2.75, 3.05) is 7.05 Å². The van der Waals surface area contributed by atoms with E-state index in [1.807, 2.05) is 6.07 Å². The average Bonchev–Trinajstić information content (AvgIpc) is 3.00. The molecule has 2 bridgehead atoms. The smallest absolute Gasteiger partial charge is 0.272 e. The Bertz CT molecular complexity index is 785. The Morgan fingerprint density at radius 2 is 1.96 bits per heavy atom. The lowest BCUT2D eigenvalue weighted by Gasteiger charge is -2.23. The second kappa shape index (κ2) is 5.77. The first-order valence-corrected chi connectivity index (χ1v) is 8.72. The quantitative estimate of drug-likeness (QED) is 0.885. The summed E-state index contributed by atoms with van der Waals surface area (Å²) >= 11 is 0. The Hall–Kier alpha value is -2.08. The zero-order chi connectivity index (χ0) is 16.8. The van der Waals surface area contributed by atoms with E-state index in [1.54, 1.807) is 23.9 Å². The lowest BCUT2D eigenvalue weighted by atomic mass is 9.96. The monoisotopic (exact) mass is 328 g/mol. The molecule has 6 heteroatoms. The van der Waals surface area contributed by atoms with Gasteiger partial charge in [-0.05, 0) is 45.2 Å². The molecule has 1 aromatic heterocycles. The van der Waals surface area contributed by atoms with Gasteiger partial charge in [-0.3, -0.25) is 9.48 Å². The van der Waals surface area contributed by atoms with Crippen LogP contribution in [0.2, 0.25) is 0 Å². The van der Waals surface area contributed by atoms with E-state index in [9.17, 15) is 9.90 Å². The Labute approximate surface area is 141 Å². The summed E-state index contributed by atoms with van der Waals surface area (Å²) < 4.78 is 1.57. The second-order valence-corrected chi connectivity index (χ2v) is 7.18. The number of phenols is 1. The molecule has 4 rings (SSSR count). The summed E-state index contributed by atoms with van der Waals surface area (Å²) in [6, 6.07) is 6.64. The number of fused-ring (bicyclic) bond motifs is 3. The number of rotatable bonds is 2. The van der Waals surface area contributed by atoms with Gasteiger partial charge in [0.15, 0.2) is 5.69 Å². The number of benzene rings is 1. The third kappa shape index (κ3) is 2.45. The van der Waals surface area contributed by atoms with Crippen molar-refractivity contribution >= 4 is 16.8 Å². The zero-order valence-electron chi connectivity index (χ0n) is 14.2. The SMILES string of the molecule is CN1C2CCC(NC(=O)c3nn(C)c4c(O)cccc34)CC1CC2. The van der Waals surface area contributed by atoms with Crippen LogP contribution in [0.25, 0.3) is 10.9 Å². The minimum atomic E-state index is -0.142. The van der Waals surface area contributed by atoms with Gasteiger partial charge in [0.2, 0.25) is 0 Å². The lowest BCUT2D eigenvalue weighted by Crippen LogP contribution is -2.38. The van der Waals surface area contributed by atoms with Crippen LogP contribution in [0.3, 0.4) is 0 Å². The standard InChI is InChI=1S/C18H24N4O2/c1-21-12-7-6-11(10-13(21)9-8-12)19-18(24)16-14-4-3-5-15(23)17(14)22(2)20-16/h3-5,11-13,23H,6-10H2,1-2H3,(H,19,24). The van der Waals surface area contributed by atoms with Crippen molar-refractivity contribution in [3.8, 4) is 5.75 Å². The molecule has 24 heavy (non-hydrogen) atoms. The molecule has 3 heterocycles. The average molecular weight is 328 g/mol. The fourth-order valence-electron chi connectivity index (χ4n) is 4.43. The molecule has 0 saturated carbocycles. The Balaban J connectivity index is 1.56. The minimum Gasteiger partial charge on any atom is -0.506 e. The number of carbonyl (C=O) groups excluding carboxylic acids is 1. The molecule has 3 unspecified atom stereocenters. The number of phenolic OH excluding ortho intramolecular Hbond substituents is 1. The molecule has 0 aliphatic carbocycles. The van der Waals surface area contributed by atoms with Gasteiger partial charge in [0.25, 0.3) is 5.91 Å². The zero-order valence-corrected chi connectivity index (χ0v) is 14.2. The number of aromatic nitrogens is 2. The number of aromatic hydroxyl groups is 1. The van der Waals surface area contributed by atoms with Crippen LogP contribution in [-0.4, -0.2) is 50.9 Å². The van der Waals surface area contributed by atoms with E-state index in [0.717, 1.165) is 19.3 Å². The first-order chi connectivity index (χ1) is 11.5. The summed E-state index contributed by atoms with van der Waals surface area (Å²) in [5.41, 5.74) is 0.994. The highest BCUT2D eigenvalue weighted by Crippen LogP contribution is 2.33. The van der Waals surface area contributed by atoms with Gasteiger partial charge < -0.3 is 15.3 Å². The van der Waals surface area contributed by atoms with Crippen molar-refractivity contribution in [3.63, 3.8) is 0 Å². The number of hydrogen-bond donors (Lipinski definition) is 2. The van der Waals surface area contributed by atoms with E-state index >= 15 is 0 Å². The Morgan fingerprint density at radius 1 is 1.21 bits per heavy atom. The fraction of sp³-hybridized carbons (Fsp3) is 0.556. The van der Waals surface area contributed by atoms with Gasteiger partial charge in [0, 0.05) is 30.6 Å². The van der Waals surface area contributed by atoms with Crippen molar-refractivity contribution in [3.05, 3.63) is 23.9 Å². The maximum absolute atomic E-state index is 12.8. The molecule has 3 atom stereocenters. The third-order valence-electron chi connectivity index (χ3n) is 5.78. The summed E-state index contributed by atoms with van der Waals surface area (Å²) in [5, 5.41) is 18.2. The van der Waals surface area contributed by atoms with Crippen LogP contribution in [0.4, 0.5) is 0 Å². The van der Waals surface area contributed by atoms with Crippen LogP contribution in [-0.2, 0) is 7.05 Å². The summed E-state index contributed by atoms with van der Waals surface area (Å²) in [6.45, 7) is 0. The molecule has 128 valence electrons. The van der Waals surface area contributed by atoms with Crippen LogP contribution in [0, 0.1) is 0 Å². The van der Waals surface area contributed by atoms with Crippen LogP contribution >= 0.6 is 0 Å². The molecule has 0 radical (unpaired) electrons. The number of amides is 1. The van der Waals surface area contributed by atoms with Crippen LogP contribution in [0.15, 0.2) is 18.2 Å². The van der Waals surface area contributed by atoms with Gasteiger partial charge in [-0.25, -0.2) is 0 Å². The Morgan fingerprint density at radius 3 is 2.79 bits per heavy atom. The summed E-state index contributed by atoms with van der Waals surface area (Å²) in [6.07, 6.45) is 5.68. The van der Waals surface area contributed by atoms with Gasteiger partial charge in [-0.15, -0.1) is 0 Å². The first kappa shape index (κ1) is 15.4. The van der Waals surface area contributed by atoms with E-state index in [2.05, 4.69) is 22.4 Å². The van der Waals surface area contributed by atoms with E-state index < -0.39 is 0 Å². The number of nitrogens with zero attached hydrogens (tertiary/aromatic N) is 3. The lowest BCUT2D eigenvalue weighted by molar-refractivity contribution is 0.0926. The highest BCUT2D eigenvalue weighted by molar-refractivity contribution is 6.06. The predicted octanol–water partition coefficient (Wildman–Crippen LogP) is 2.02. The molecule has 2 N–H and O–H groups in total. The molecule has 2 aliphatic heterocycles. The van der Waals surface area contributed by atoms with Gasteiger partial charge in [-0.1, -0.05) is 12.1 Å². The molecule has 2 saturated heterocycles. The minimum absolute atomic E-state index is 0.142. The van der Waals surface area contributed by atoms with E-state index in [0.29, 0.717) is 28.7 Å². The number of carbonyl (C=O) groups is 1. The fourth-order valence-corrected chi connectivity index (χ4v) is 4.43. The molecule has 6 nitrogen and oxygen atoms in total. The number of para-hydroxylation sites is 1. The van der Waals surface area contributed by atoms with E-state index in [4.69, 9.17) is 0 Å². The molecular weight excluding hydrogens is 304 g/mol. The number of hydrogen-bond acceptors (Lipinski definition) is 4. The van der Waals surface area contributed by atoms with Crippen molar-refractivity contribution in [2.45, 2.75) is 50.2 Å². The molecule has 1 aromatic carbocycles. The normalized spacial score (nSPS) is 27.3. The number of nitrogens with one attached hydrogen (secondary N) is 1. The van der Waals surface area contributed by atoms with Crippen molar-refractivity contribution < 1.29 is 9.90 Å². The molecule has 2 aliphatic rings. The highest BCUT2D eigenvalue weighted by atomic mass is 16.3. The van der Waals surface area contributed by atoms with Gasteiger partial charge in [-0.2, -0.15) is 5.10 Å².